The van der Waals surface area contributed by atoms with Crippen molar-refractivity contribution in [3.05, 3.63) is 71.4 Å². The van der Waals surface area contributed by atoms with Gasteiger partial charge in [-0.1, -0.05) is 42.5 Å². The SMILES string of the molecule is CC(=O)c1ccc(S(=O)(=O)N2CCN(c3nc(C)nc4scc(-c5ccccc5)c34)CC2)cc1. The zero-order valence-corrected chi connectivity index (χ0v) is 20.6. The molecule has 0 saturated carbocycles. The molecular formula is C25H24N4O3S2. The fourth-order valence-electron chi connectivity index (χ4n) is 4.24. The fraction of sp³-hybridized carbons (Fsp3) is 0.240. The molecule has 0 unspecified atom stereocenters. The number of fused-ring (bicyclic) bond motifs is 1. The molecule has 0 N–H and O–H groups in total. The van der Waals surface area contributed by atoms with Gasteiger partial charge in [0.1, 0.15) is 16.5 Å². The number of rotatable bonds is 5. The number of carbonyl (C=O) groups excluding carboxylic acids is 1. The van der Waals surface area contributed by atoms with E-state index in [2.05, 4.69) is 27.4 Å². The van der Waals surface area contributed by atoms with Crippen molar-refractivity contribution in [2.75, 3.05) is 31.1 Å². The van der Waals surface area contributed by atoms with Crippen LogP contribution in [0.5, 0.6) is 0 Å². The van der Waals surface area contributed by atoms with Crippen LogP contribution in [0.2, 0.25) is 0 Å². The van der Waals surface area contributed by atoms with E-state index in [1.807, 2.05) is 25.1 Å². The topological polar surface area (TPSA) is 83.5 Å². The van der Waals surface area contributed by atoms with Gasteiger partial charge in [-0.2, -0.15) is 4.31 Å². The Hall–Kier alpha value is -3.14. The first-order valence-corrected chi connectivity index (χ1v) is 13.3. The molecule has 1 aliphatic rings. The van der Waals surface area contributed by atoms with E-state index in [9.17, 15) is 13.2 Å². The normalized spacial score (nSPS) is 15.1. The maximum absolute atomic E-state index is 13.2. The number of nitrogens with zero attached hydrogens (tertiary/aromatic N) is 4. The molecule has 3 heterocycles. The Kier molecular flexibility index (Phi) is 5.93. The van der Waals surface area contributed by atoms with Crippen LogP contribution in [0.25, 0.3) is 21.3 Å². The second-order valence-corrected chi connectivity index (χ2v) is 11.1. The van der Waals surface area contributed by atoms with Crippen molar-refractivity contribution in [3.63, 3.8) is 0 Å². The summed E-state index contributed by atoms with van der Waals surface area (Å²) in [4.78, 5) is 24.2. The van der Waals surface area contributed by atoms with Crippen molar-refractivity contribution in [1.29, 1.82) is 0 Å². The maximum atomic E-state index is 13.2. The molecular weight excluding hydrogens is 468 g/mol. The van der Waals surface area contributed by atoms with Crippen molar-refractivity contribution in [3.8, 4) is 11.1 Å². The molecule has 0 aliphatic carbocycles. The Labute approximate surface area is 202 Å². The molecule has 0 spiro atoms. The predicted octanol–water partition coefficient (Wildman–Crippen LogP) is 4.38. The molecule has 0 amide bonds. The van der Waals surface area contributed by atoms with Crippen LogP contribution in [0, 0.1) is 6.92 Å². The standard InChI is InChI=1S/C25H24N4O3S2/c1-17(30)19-8-10-21(11-9-19)34(31,32)29-14-12-28(13-15-29)24-23-22(20-6-4-3-5-7-20)16-33-25(23)27-18(2)26-24/h3-11,16H,12-15H2,1-2H3. The van der Waals surface area contributed by atoms with Crippen LogP contribution in [-0.2, 0) is 10.0 Å². The number of anilines is 1. The molecule has 0 radical (unpaired) electrons. The Bertz CT molecular complexity index is 1460. The molecule has 174 valence electrons. The molecule has 1 aliphatic heterocycles. The molecule has 7 nitrogen and oxygen atoms in total. The lowest BCUT2D eigenvalue weighted by molar-refractivity contribution is 0.101. The van der Waals surface area contributed by atoms with Gasteiger partial charge in [0.25, 0.3) is 0 Å². The molecule has 5 rings (SSSR count). The molecule has 9 heteroatoms. The number of piperazine rings is 1. The number of sulfonamides is 1. The zero-order valence-electron chi connectivity index (χ0n) is 18.9. The molecule has 1 fully saturated rings. The van der Waals surface area contributed by atoms with Gasteiger partial charge >= 0.3 is 0 Å². The quantitative estimate of drug-likeness (QED) is 0.385. The maximum Gasteiger partial charge on any atom is 0.243 e. The summed E-state index contributed by atoms with van der Waals surface area (Å²) in [6.07, 6.45) is 0. The van der Waals surface area contributed by atoms with E-state index in [1.165, 1.54) is 23.4 Å². The highest BCUT2D eigenvalue weighted by atomic mass is 32.2. The Morgan fingerprint density at radius 1 is 0.941 bits per heavy atom. The fourth-order valence-corrected chi connectivity index (χ4v) is 6.65. The largest absolute Gasteiger partial charge is 0.353 e. The summed E-state index contributed by atoms with van der Waals surface area (Å²) in [6, 6.07) is 16.3. The molecule has 2 aromatic heterocycles. The number of benzene rings is 2. The van der Waals surface area contributed by atoms with Crippen molar-refractivity contribution in [2.24, 2.45) is 0 Å². The highest BCUT2D eigenvalue weighted by Gasteiger charge is 2.30. The molecule has 0 atom stereocenters. The van der Waals surface area contributed by atoms with Gasteiger partial charge in [-0.3, -0.25) is 4.79 Å². The van der Waals surface area contributed by atoms with Gasteiger partial charge in [-0.25, -0.2) is 18.4 Å². The third-order valence-electron chi connectivity index (χ3n) is 6.05. The summed E-state index contributed by atoms with van der Waals surface area (Å²) in [6.45, 7) is 5.11. The average molecular weight is 493 g/mol. The first-order valence-electron chi connectivity index (χ1n) is 11.0. The van der Waals surface area contributed by atoms with Crippen LogP contribution in [0.3, 0.4) is 0 Å². The van der Waals surface area contributed by atoms with Gasteiger partial charge in [-0.15, -0.1) is 11.3 Å². The molecule has 34 heavy (non-hydrogen) atoms. The van der Waals surface area contributed by atoms with Gasteiger partial charge in [0.05, 0.1) is 10.3 Å². The number of aromatic nitrogens is 2. The second kappa shape index (κ2) is 8.90. The van der Waals surface area contributed by atoms with Crippen LogP contribution in [0.4, 0.5) is 5.82 Å². The lowest BCUT2D eigenvalue weighted by atomic mass is 10.1. The van der Waals surface area contributed by atoms with Crippen LogP contribution in [0.15, 0.2) is 64.9 Å². The van der Waals surface area contributed by atoms with Crippen LogP contribution in [-0.4, -0.2) is 54.7 Å². The van der Waals surface area contributed by atoms with Crippen molar-refractivity contribution < 1.29 is 13.2 Å². The highest BCUT2D eigenvalue weighted by Crippen LogP contribution is 2.38. The monoisotopic (exact) mass is 492 g/mol. The number of ketones is 1. The number of carbonyl (C=O) groups is 1. The molecule has 2 aromatic carbocycles. The number of thiophene rings is 1. The van der Waals surface area contributed by atoms with Crippen LogP contribution >= 0.6 is 11.3 Å². The van der Waals surface area contributed by atoms with Gasteiger partial charge in [0.15, 0.2) is 5.78 Å². The summed E-state index contributed by atoms with van der Waals surface area (Å²) in [5, 5.41) is 3.13. The number of hydrogen-bond donors (Lipinski definition) is 0. The van der Waals surface area contributed by atoms with Crippen molar-refractivity contribution in [2.45, 2.75) is 18.7 Å². The summed E-state index contributed by atoms with van der Waals surface area (Å²) in [5.41, 5.74) is 2.70. The van der Waals surface area contributed by atoms with E-state index in [-0.39, 0.29) is 10.7 Å². The smallest absolute Gasteiger partial charge is 0.243 e. The second-order valence-electron chi connectivity index (χ2n) is 8.26. The molecule has 4 aromatic rings. The third kappa shape index (κ3) is 4.11. The molecule has 0 bridgehead atoms. The minimum atomic E-state index is -3.64. The van der Waals surface area contributed by atoms with E-state index in [0.717, 1.165) is 27.2 Å². The Morgan fingerprint density at radius 3 is 2.26 bits per heavy atom. The van der Waals surface area contributed by atoms with Crippen LogP contribution < -0.4 is 4.90 Å². The van der Waals surface area contributed by atoms with Crippen LogP contribution in [0.1, 0.15) is 23.1 Å². The zero-order chi connectivity index (χ0) is 23.9. The summed E-state index contributed by atoms with van der Waals surface area (Å²) in [7, 11) is -3.64. The van der Waals surface area contributed by atoms with Gasteiger partial charge in [0, 0.05) is 42.7 Å². The van der Waals surface area contributed by atoms with Gasteiger partial charge in [-0.05, 0) is 31.5 Å². The summed E-state index contributed by atoms with van der Waals surface area (Å²) >= 11 is 1.60. The van der Waals surface area contributed by atoms with Crippen molar-refractivity contribution >= 4 is 43.2 Å². The highest BCUT2D eigenvalue weighted by molar-refractivity contribution is 7.89. The third-order valence-corrected chi connectivity index (χ3v) is 8.83. The predicted molar refractivity (Wildman–Crippen MR) is 135 cm³/mol. The van der Waals surface area contributed by atoms with Gasteiger partial charge < -0.3 is 4.90 Å². The summed E-state index contributed by atoms with van der Waals surface area (Å²) < 4.78 is 27.9. The summed E-state index contributed by atoms with van der Waals surface area (Å²) in [5.74, 6) is 1.46. The Balaban J connectivity index is 1.42. The lowest BCUT2D eigenvalue weighted by Gasteiger charge is -2.35. The van der Waals surface area contributed by atoms with Gasteiger partial charge in [0.2, 0.25) is 10.0 Å². The van der Waals surface area contributed by atoms with E-state index in [4.69, 9.17) is 4.98 Å². The minimum absolute atomic E-state index is 0.0904. The first-order chi connectivity index (χ1) is 16.3. The van der Waals surface area contributed by atoms with E-state index in [1.54, 1.807) is 23.5 Å². The number of Topliss-reactive ketones (excluding diaryl/α,β-unsaturated/α-hetero) is 1. The lowest BCUT2D eigenvalue weighted by Crippen LogP contribution is -2.49. The van der Waals surface area contributed by atoms with E-state index < -0.39 is 10.0 Å². The number of aryl methyl sites for hydroxylation is 1. The first kappa shape index (κ1) is 22.6. The molecule has 1 saturated heterocycles. The minimum Gasteiger partial charge on any atom is -0.353 e. The Morgan fingerprint density at radius 2 is 1.62 bits per heavy atom. The van der Waals surface area contributed by atoms with E-state index >= 15 is 0 Å². The van der Waals surface area contributed by atoms with Crippen molar-refractivity contribution in [1.82, 2.24) is 14.3 Å². The average Bonchev–Trinajstić information content (AvgIpc) is 3.28. The van der Waals surface area contributed by atoms with E-state index in [0.29, 0.717) is 37.6 Å². The number of hydrogen-bond acceptors (Lipinski definition) is 7.